The summed E-state index contributed by atoms with van der Waals surface area (Å²) in [6, 6.07) is 10.9. The lowest BCUT2D eigenvalue weighted by Crippen LogP contribution is -2.15. The van der Waals surface area contributed by atoms with Crippen molar-refractivity contribution in [3.8, 4) is 11.8 Å². The Balaban J connectivity index is 2.02. The van der Waals surface area contributed by atoms with Crippen LogP contribution >= 0.6 is 0 Å². The number of rotatable bonds is 3. The Morgan fingerprint density at radius 2 is 2.10 bits per heavy atom. The molecule has 0 saturated carbocycles. The number of anilines is 1. The highest BCUT2D eigenvalue weighted by atomic mass is 19.1. The second-order valence-corrected chi connectivity index (χ2v) is 4.22. The largest absolute Gasteiger partial charge is 0.384 e. The standard InChI is InChI=1S/C16H13FN2O2/c17-13-5-1-4-12(10-13)11-16(21)19-15-8-2-6-14(18-15)7-3-9-20/h1-2,4-6,8,10,20H,9,11H2,(H,18,19,21). The lowest BCUT2D eigenvalue weighted by Gasteiger charge is -2.05. The molecule has 0 atom stereocenters. The molecule has 4 nitrogen and oxygen atoms in total. The fraction of sp³-hybridized carbons (Fsp3) is 0.125. The van der Waals surface area contributed by atoms with Crippen LogP contribution < -0.4 is 5.32 Å². The quantitative estimate of drug-likeness (QED) is 0.844. The van der Waals surface area contributed by atoms with Crippen LogP contribution in [0.15, 0.2) is 42.5 Å². The number of hydrogen-bond acceptors (Lipinski definition) is 3. The van der Waals surface area contributed by atoms with Crippen LogP contribution in [0.4, 0.5) is 10.2 Å². The Morgan fingerprint density at radius 1 is 1.29 bits per heavy atom. The number of benzene rings is 1. The summed E-state index contributed by atoms with van der Waals surface area (Å²) in [7, 11) is 0. The molecule has 1 heterocycles. The lowest BCUT2D eigenvalue weighted by molar-refractivity contribution is -0.115. The van der Waals surface area contributed by atoms with Gasteiger partial charge in [-0.05, 0) is 35.7 Å². The molecule has 0 saturated heterocycles. The minimum atomic E-state index is -0.375. The number of amides is 1. The molecule has 106 valence electrons. The van der Waals surface area contributed by atoms with Crippen molar-refractivity contribution >= 4 is 11.7 Å². The molecule has 0 spiro atoms. The lowest BCUT2D eigenvalue weighted by atomic mass is 10.1. The summed E-state index contributed by atoms with van der Waals surface area (Å²) in [6.45, 7) is -0.252. The van der Waals surface area contributed by atoms with Gasteiger partial charge in [0.05, 0.1) is 6.42 Å². The predicted molar refractivity (Wildman–Crippen MR) is 76.9 cm³/mol. The van der Waals surface area contributed by atoms with E-state index in [1.165, 1.54) is 12.1 Å². The van der Waals surface area contributed by atoms with Crippen LogP contribution in [0.5, 0.6) is 0 Å². The third kappa shape index (κ3) is 4.71. The van der Waals surface area contributed by atoms with Crippen LogP contribution in [0.2, 0.25) is 0 Å². The van der Waals surface area contributed by atoms with Gasteiger partial charge in [-0.3, -0.25) is 4.79 Å². The van der Waals surface area contributed by atoms with Crippen LogP contribution in [0.3, 0.4) is 0 Å². The van der Waals surface area contributed by atoms with Gasteiger partial charge < -0.3 is 10.4 Å². The van der Waals surface area contributed by atoms with E-state index in [1.54, 1.807) is 30.3 Å². The third-order valence-electron chi connectivity index (χ3n) is 2.57. The fourth-order valence-corrected chi connectivity index (χ4v) is 1.72. The highest BCUT2D eigenvalue weighted by molar-refractivity contribution is 5.91. The summed E-state index contributed by atoms with van der Waals surface area (Å²) in [4.78, 5) is 16.0. The molecule has 0 aliphatic carbocycles. The first-order chi connectivity index (χ1) is 10.2. The second-order valence-electron chi connectivity index (χ2n) is 4.22. The SMILES string of the molecule is O=C(Cc1cccc(F)c1)Nc1cccc(C#CCO)n1. The van der Waals surface area contributed by atoms with E-state index in [0.717, 1.165) is 0 Å². The molecule has 1 aromatic heterocycles. The van der Waals surface area contributed by atoms with Crippen LogP contribution in [-0.2, 0) is 11.2 Å². The molecule has 0 unspecified atom stereocenters. The van der Waals surface area contributed by atoms with Crippen molar-refractivity contribution in [1.82, 2.24) is 4.98 Å². The van der Waals surface area contributed by atoms with Gasteiger partial charge in [-0.2, -0.15) is 0 Å². The van der Waals surface area contributed by atoms with Crippen molar-refractivity contribution in [2.75, 3.05) is 11.9 Å². The Labute approximate surface area is 121 Å². The summed E-state index contributed by atoms with van der Waals surface area (Å²) in [6.07, 6.45) is 0.0615. The van der Waals surface area contributed by atoms with Crippen LogP contribution in [0, 0.1) is 17.7 Å². The summed E-state index contributed by atoms with van der Waals surface area (Å²) < 4.78 is 13.0. The van der Waals surface area contributed by atoms with Gasteiger partial charge in [-0.1, -0.05) is 24.1 Å². The first-order valence-corrected chi connectivity index (χ1v) is 6.28. The van der Waals surface area contributed by atoms with Crippen molar-refractivity contribution in [3.05, 3.63) is 59.5 Å². The molecule has 0 radical (unpaired) electrons. The molecule has 1 amide bonds. The Kier molecular flexibility index (Phi) is 5.02. The second kappa shape index (κ2) is 7.17. The third-order valence-corrected chi connectivity index (χ3v) is 2.57. The smallest absolute Gasteiger partial charge is 0.229 e. The number of hydrogen-bond donors (Lipinski definition) is 2. The topological polar surface area (TPSA) is 62.2 Å². The molecule has 0 aliphatic heterocycles. The summed E-state index contributed by atoms with van der Waals surface area (Å²) in [5.41, 5.74) is 1.04. The minimum absolute atomic E-state index is 0.0615. The van der Waals surface area contributed by atoms with E-state index < -0.39 is 0 Å². The minimum Gasteiger partial charge on any atom is -0.384 e. The normalized spacial score (nSPS) is 9.62. The molecular weight excluding hydrogens is 271 g/mol. The summed E-state index contributed by atoms with van der Waals surface area (Å²) in [5, 5.41) is 11.3. The van der Waals surface area contributed by atoms with Crippen LogP contribution in [0.25, 0.3) is 0 Å². The summed E-state index contributed by atoms with van der Waals surface area (Å²) in [5.74, 6) is 4.83. The first-order valence-electron chi connectivity index (χ1n) is 6.28. The Morgan fingerprint density at radius 3 is 2.86 bits per heavy atom. The molecule has 5 heteroatoms. The zero-order valence-electron chi connectivity index (χ0n) is 11.1. The monoisotopic (exact) mass is 284 g/mol. The molecular formula is C16H13FN2O2. The van der Waals surface area contributed by atoms with Gasteiger partial charge in [0.15, 0.2) is 0 Å². The number of halogens is 1. The van der Waals surface area contributed by atoms with Crippen molar-refractivity contribution in [2.45, 2.75) is 6.42 Å². The average Bonchev–Trinajstić information content (AvgIpc) is 2.45. The van der Waals surface area contributed by atoms with Gasteiger partial charge in [-0.25, -0.2) is 9.37 Å². The Bertz CT molecular complexity index is 705. The van der Waals surface area contributed by atoms with Gasteiger partial charge in [0.2, 0.25) is 5.91 Å². The number of carbonyl (C=O) groups is 1. The first kappa shape index (κ1) is 14.7. The maximum Gasteiger partial charge on any atom is 0.229 e. The summed E-state index contributed by atoms with van der Waals surface area (Å²) >= 11 is 0. The number of nitrogens with one attached hydrogen (secondary N) is 1. The molecule has 2 aromatic rings. The van der Waals surface area contributed by atoms with E-state index >= 15 is 0 Å². The number of nitrogens with zero attached hydrogens (tertiary/aromatic N) is 1. The van der Waals surface area contributed by atoms with E-state index in [1.807, 2.05) is 0 Å². The predicted octanol–water partition coefficient (Wildman–Crippen LogP) is 1.75. The number of carbonyl (C=O) groups excluding carboxylic acids is 1. The Hall–Kier alpha value is -2.71. The van der Waals surface area contributed by atoms with E-state index in [4.69, 9.17) is 5.11 Å². The average molecular weight is 284 g/mol. The molecule has 2 rings (SSSR count). The van der Waals surface area contributed by atoms with E-state index in [2.05, 4.69) is 22.1 Å². The maximum atomic E-state index is 13.0. The maximum absolute atomic E-state index is 13.0. The van der Waals surface area contributed by atoms with E-state index in [-0.39, 0.29) is 24.8 Å². The number of aliphatic hydroxyl groups excluding tert-OH is 1. The van der Waals surface area contributed by atoms with Gasteiger partial charge >= 0.3 is 0 Å². The van der Waals surface area contributed by atoms with Crippen LogP contribution in [-0.4, -0.2) is 22.6 Å². The van der Waals surface area contributed by atoms with E-state index in [0.29, 0.717) is 17.1 Å². The molecule has 1 aromatic carbocycles. The number of pyridine rings is 1. The molecule has 0 fully saturated rings. The van der Waals surface area contributed by atoms with Crippen molar-refractivity contribution < 1.29 is 14.3 Å². The fourth-order valence-electron chi connectivity index (χ4n) is 1.72. The highest BCUT2D eigenvalue weighted by Crippen LogP contribution is 2.08. The van der Waals surface area contributed by atoms with Crippen molar-refractivity contribution in [3.63, 3.8) is 0 Å². The molecule has 2 N–H and O–H groups in total. The molecule has 21 heavy (non-hydrogen) atoms. The van der Waals surface area contributed by atoms with E-state index in [9.17, 15) is 9.18 Å². The van der Waals surface area contributed by atoms with Crippen molar-refractivity contribution in [1.29, 1.82) is 0 Å². The zero-order chi connectivity index (χ0) is 15.1. The zero-order valence-corrected chi connectivity index (χ0v) is 11.1. The van der Waals surface area contributed by atoms with Crippen molar-refractivity contribution in [2.24, 2.45) is 0 Å². The number of aliphatic hydroxyl groups is 1. The van der Waals surface area contributed by atoms with Gasteiger partial charge in [0.1, 0.15) is 23.9 Å². The van der Waals surface area contributed by atoms with Gasteiger partial charge in [0.25, 0.3) is 0 Å². The highest BCUT2D eigenvalue weighted by Gasteiger charge is 2.06. The number of aromatic nitrogens is 1. The van der Waals surface area contributed by atoms with Gasteiger partial charge in [0, 0.05) is 0 Å². The van der Waals surface area contributed by atoms with Gasteiger partial charge in [-0.15, -0.1) is 0 Å². The molecule has 0 aliphatic rings. The molecule has 0 bridgehead atoms. The van der Waals surface area contributed by atoms with Crippen LogP contribution in [0.1, 0.15) is 11.3 Å².